The number of carbonyl (C=O) groups excluding carboxylic acids is 1. The van der Waals surface area contributed by atoms with Crippen molar-refractivity contribution < 1.29 is 9.53 Å². The fourth-order valence-electron chi connectivity index (χ4n) is 4.34. The Kier molecular flexibility index (Phi) is 6.76. The summed E-state index contributed by atoms with van der Waals surface area (Å²) >= 11 is 0. The molecule has 3 aromatic carbocycles. The SMILES string of the molecule is COc1ccc(NC(=O)N2CCN(C(c3ccccc3)c3cc(C)ccc3C)CC2)cc1. The standard InChI is InChI=1S/C27H31N3O2/c1-20-9-10-21(2)25(19-20)26(22-7-5-4-6-8-22)29-15-17-30(18-16-29)27(31)28-23-11-13-24(32-3)14-12-23/h4-14,19,26H,15-18H2,1-3H3,(H,28,31). The number of piperazine rings is 1. The zero-order valence-electron chi connectivity index (χ0n) is 19.0. The molecule has 0 spiro atoms. The highest BCUT2D eigenvalue weighted by molar-refractivity contribution is 5.89. The number of benzene rings is 3. The van der Waals surface area contributed by atoms with E-state index in [0.29, 0.717) is 13.1 Å². The van der Waals surface area contributed by atoms with Gasteiger partial charge in [0.25, 0.3) is 0 Å². The first-order chi connectivity index (χ1) is 15.5. The molecule has 5 nitrogen and oxygen atoms in total. The van der Waals surface area contributed by atoms with E-state index in [1.807, 2.05) is 29.2 Å². The lowest BCUT2D eigenvalue weighted by atomic mass is 9.92. The van der Waals surface area contributed by atoms with Gasteiger partial charge in [-0.25, -0.2) is 4.79 Å². The largest absolute Gasteiger partial charge is 0.497 e. The van der Waals surface area contributed by atoms with Gasteiger partial charge >= 0.3 is 6.03 Å². The topological polar surface area (TPSA) is 44.8 Å². The van der Waals surface area contributed by atoms with Crippen LogP contribution in [0.25, 0.3) is 0 Å². The van der Waals surface area contributed by atoms with Crippen molar-refractivity contribution in [2.45, 2.75) is 19.9 Å². The van der Waals surface area contributed by atoms with Crippen LogP contribution in [0.3, 0.4) is 0 Å². The lowest BCUT2D eigenvalue weighted by Gasteiger charge is -2.40. The Morgan fingerprint density at radius 1 is 0.906 bits per heavy atom. The number of nitrogens with one attached hydrogen (secondary N) is 1. The number of ether oxygens (including phenoxy) is 1. The molecule has 1 N–H and O–H groups in total. The van der Waals surface area contributed by atoms with E-state index in [4.69, 9.17) is 4.74 Å². The number of rotatable bonds is 5. The smallest absolute Gasteiger partial charge is 0.321 e. The van der Waals surface area contributed by atoms with Gasteiger partial charge in [0.2, 0.25) is 0 Å². The third-order valence-electron chi connectivity index (χ3n) is 6.15. The van der Waals surface area contributed by atoms with Crippen LogP contribution in [0.2, 0.25) is 0 Å². The quantitative estimate of drug-likeness (QED) is 0.602. The van der Waals surface area contributed by atoms with E-state index in [0.717, 1.165) is 24.5 Å². The third kappa shape index (κ3) is 4.94. The van der Waals surface area contributed by atoms with Gasteiger partial charge in [-0.1, -0.05) is 54.1 Å². The minimum absolute atomic E-state index is 0.0576. The lowest BCUT2D eigenvalue weighted by Crippen LogP contribution is -2.51. The summed E-state index contributed by atoms with van der Waals surface area (Å²) in [5.74, 6) is 0.773. The summed E-state index contributed by atoms with van der Waals surface area (Å²) in [4.78, 5) is 17.2. The molecule has 1 fully saturated rings. The van der Waals surface area contributed by atoms with E-state index in [1.54, 1.807) is 7.11 Å². The number of hydrogen-bond donors (Lipinski definition) is 1. The van der Waals surface area contributed by atoms with Crippen LogP contribution in [0.4, 0.5) is 10.5 Å². The summed E-state index contributed by atoms with van der Waals surface area (Å²) in [6.07, 6.45) is 0. The van der Waals surface area contributed by atoms with E-state index in [9.17, 15) is 4.79 Å². The molecule has 5 heteroatoms. The molecule has 1 heterocycles. The van der Waals surface area contributed by atoms with Gasteiger partial charge in [0.05, 0.1) is 13.2 Å². The number of carbonyl (C=O) groups is 1. The minimum atomic E-state index is -0.0576. The third-order valence-corrected chi connectivity index (χ3v) is 6.15. The van der Waals surface area contributed by atoms with Crippen molar-refractivity contribution in [2.75, 3.05) is 38.6 Å². The monoisotopic (exact) mass is 429 g/mol. The molecule has 1 atom stereocenters. The highest BCUT2D eigenvalue weighted by Crippen LogP contribution is 2.32. The molecule has 4 rings (SSSR count). The molecule has 1 unspecified atom stereocenters. The van der Waals surface area contributed by atoms with Gasteiger partial charge < -0.3 is 15.0 Å². The molecular formula is C27H31N3O2. The van der Waals surface area contributed by atoms with Gasteiger partial charge in [-0.3, -0.25) is 4.90 Å². The molecule has 2 amide bonds. The Bertz CT molecular complexity index is 1040. The van der Waals surface area contributed by atoms with E-state index in [1.165, 1.54) is 22.3 Å². The Morgan fingerprint density at radius 2 is 1.59 bits per heavy atom. The van der Waals surface area contributed by atoms with E-state index < -0.39 is 0 Å². The molecular weight excluding hydrogens is 398 g/mol. The van der Waals surface area contributed by atoms with Gasteiger partial charge in [0, 0.05) is 31.9 Å². The highest BCUT2D eigenvalue weighted by atomic mass is 16.5. The van der Waals surface area contributed by atoms with E-state index in [-0.39, 0.29) is 12.1 Å². The van der Waals surface area contributed by atoms with Crippen LogP contribution in [0, 0.1) is 13.8 Å². The molecule has 1 saturated heterocycles. The first-order valence-corrected chi connectivity index (χ1v) is 11.1. The number of anilines is 1. The average Bonchev–Trinajstić information content (AvgIpc) is 2.83. The maximum absolute atomic E-state index is 12.8. The summed E-state index contributed by atoms with van der Waals surface area (Å²) in [5.41, 5.74) is 5.97. The maximum Gasteiger partial charge on any atom is 0.321 e. The zero-order valence-corrected chi connectivity index (χ0v) is 19.0. The van der Waals surface area contributed by atoms with Crippen molar-refractivity contribution in [2.24, 2.45) is 0 Å². The summed E-state index contributed by atoms with van der Waals surface area (Å²) < 4.78 is 5.18. The van der Waals surface area contributed by atoms with Crippen molar-refractivity contribution in [3.8, 4) is 5.75 Å². The second kappa shape index (κ2) is 9.88. The fraction of sp³-hybridized carbons (Fsp3) is 0.296. The predicted octanol–water partition coefficient (Wildman–Crippen LogP) is 5.25. The average molecular weight is 430 g/mol. The number of hydrogen-bond acceptors (Lipinski definition) is 3. The molecule has 0 bridgehead atoms. The molecule has 32 heavy (non-hydrogen) atoms. The molecule has 0 radical (unpaired) electrons. The first kappa shape index (κ1) is 21.9. The predicted molar refractivity (Wildman–Crippen MR) is 129 cm³/mol. The fourth-order valence-corrected chi connectivity index (χ4v) is 4.34. The van der Waals surface area contributed by atoms with Crippen LogP contribution in [0.1, 0.15) is 28.3 Å². The Labute approximate surface area is 190 Å². The Balaban J connectivity index is 1.47. The molecule has 1 aliphatic rings. The summed E-state index contributed by atoms with van der Waals surface area (Å²) in [7, 11) is 1.63. The zero-order chi connectivity index (χ0) is 22.5. The number of urea groups is 1. The van der Waals surface area contributed by atoms with Crippen molar-refractivity contribution in [1.29, 1.82) is 0 Å². The van der Waals surface area contributed by atoms with Crippen molar-refractivity contribution >= 4 is 11.7 Å². The van der Waals surface area contributed by atoms with Crippen LogP contribution in [0.5, 0.6) is 5.75 Å². The van der Waals surface area contributed by atoms with Crippen molar-refractivity contribution in [1.82, 2.24) is 9.80 Å². The van der Waals surface area contributed by atoms with Gasteiger partial charge in [-0.15, -0.1) is 0 Å². The van der Waals surface area contributed by atoms with Crippen molar-refractivity contribution in [3.05, 3.63) is 95.1 Å². The van der Waals surface area contributed by atoms with Crippen molar-refractivity contribution in [3.63, 3.8) is 0 Å². The number of aryl methyl sites for hydroxylation is 2. The second-order valence-corrected chi connectivity index (χ2v) is 8.35. The molecule has 0 saturated carbocycles. The molecule has 1 aliphatic heterocycles. The van der Waals surface area contributed by atoms with Crippen LogP contribution >= 0.6 is 0 Å². The number of amides is 2. The van der Waals surface area contributed by atoms with Crippen LogP contribution < -0.4 is 10.1 Å². The maximum atomic E-state index is 12.8. The highest BCUT2D eigenvalue weighted by Gasteiger charge is 2.29. The second-order valence-electron chi connectivity index (χ2n) is 8.35. The van der Waals surface area contributed by atoms with Crippen LogP contribution in [-0.2, 0) is 0 Å². The lowest BCUT2D eigenvalue weighted by molar-refractivity contribution is 0.126. The summed E-state index contributed by atoms with van der Waals surface area (Å²) in [5, 5.41) is 3.00. The van der Waals surface area contributed by atoms with E-state index >= 15 is 0 Å². The van der Waals surface area contributed by atoms with E-state index in [2.05, 4.69) is 72.6 Å². The van der Waals surface area contributed by atoms with Gasteiger partial charge in [0.15, 0.2) is 0 Å². The number of methoxy groups -OCH3 is 1. The molecule has 3 aromatic rings. The first-order valence-electron chi connectivity index (χ1n) is 11.1. The normalized spacial score (nSPS) is 15.3. The molecule has 0 aromatic heterocycles. The Hall–Kier alpha value is -3.31. The van der Waals surface area contributed by atoms with Crippen LogP contribution in [-0.4, -0.2) is 49.1 Å². The Morgan fingerprint density at radius 3 is 2.25 bits per heavy atom. The van der Waals surface area contributed by atoms with Crippen LogP contribution in [0.15, 0.2) is 72.8 Å². The summed E-state index contributed by atoms with van der Waals surface area (Å²) in [6.45, 7) is 7.36. The van der Waals surface area contributed by atoms with Gasteiger partial charge in [0.1, 0.15) is 5.75 Å². The van der Waals surface area contributed by atoms with Gasteiger partial charge in [-0.2, -0.15) is 0 Å². The molecule has 166 valence electrons. The number of nitrogens with zero attached hydrogens (tertiary/aromatic N) is 2. The van der Waals surface area contributed by atoms with Gasteiger partial charge in [-0.05, 0) is 54.8 Å². The molecule has 0 aliphatic carbocycles. The minimum Gasteiger partial charge on any atom is -0.497 e. The summed E-state index contributed by atoms with van der Waals surface area (Å²) in [6, 6.07) is 24.9.